The minimum Gasteiger partial charge on any atom is -0.481 e. The molecule has 1 aromatic carbocycles. The van der Waals surface area contributed by atoms with E-state index in [9.17, 15) is 9.59 Å². The Labute approximate surface area is 170 Å². The molecule has 0 aromatic heterocycles. The number of halogens is 1. The van der Waals surface area contributed by atoms with Crippen LogP contribution >= 0.6 is 11.6 Å². The Balaban J connectivity index is 0.000000640. The van der Waals surface area contributed by atoms with Gasteiger partial charge in [-0.2, -0.15) is 0 Å². The quantitative estimate of drug-likeness (QED) is 0.610. The smallest absolute Gasteiger partial charge is 0.300 e. The number of hydrogen-bond acceptors (Lipinski definition) is 4. The van der Waals surface area contributed by atoms with Crippen molar-refractivity contribution >= 4 is 40.8 Å². The number of carbonyl (C=O) groups excluding carboxylic acids is 2. The van der Waals surface area contributed by atoms with Gasteiger partial charge in [-0.1, -0.05) is 25.4 Å². The number of hydrogen-bond donors (Lipinski definition) is 4. The predicted octanol–water partition coefficient (Wildman–Crippen LogP) is 3.35. The maximum atomic E-state index is 12.5. The third-order valence-electron chi connectivity index (χ3n) is 5.12. The molecular weight excluding hydrogens is 382 g/mol. The van der Waals surface area contributed by atoms with Gasteiger partial charge in [0.05, 0.1) is 10.7 Å². The first-order chi connectivity index (χ1) is 13.1. The highest BCUT2D eigenvalue weighted by Crippen LogP contribution is 2.58. The van der Waals surface area contributed by atoms with Crippen molar-refractivity contribution in [2.75, 3.05) is 23.7 Å². The summed E-state index contributed by atoms with van der Waals surface area (Å²) in [6.07, 6.45) is 3.13. The van der Waals surface area contributed by atoms with Crippen LogP contribution in [0.4, 0.5) is 11.4 Å². The van der Waals surface area contributed by atoms with Gasteiger partial charge in [-0.3, -0.25) is 14.4 Å². The molecule has 2 fully saturated rings. The lowest BCUT2D eigenvalue weighted by atomic mass is 9.92. The minimum absolute atomic E-state index is 0.0759. The van der Waals surface area contributed by atoms with E-state index in [-0.39, 0.29) is 29.1 Å². The highest BCUT2D eigenvalue weighted by Gasteiger charge is 2.57. The molecule has 4 N–H and O–H groups in total. The Kier molecular flexibility index (Phi) is 7.43. The molecule has 1 aliphatic carbocycles. The number of carboxylic acid groups (broad SMARTS) is 1. The molecule has 0 bridgehead atoms. The van der Waals surface area contributed by atoms with Crippen LogP contribution in [0.5, 0.6) is 0 Å². The first-order valence-electron chi connectivity index (χ1n) is 9.46. The fourth-order valence-corrected chi connectivity index (χ4v) is 3.62. The van der Waals surface area contributed by atoms with E-state index in [1.165, 1.54) is 0 Å². The molecule has 1 saturated heterocycles. The summed E-state index contributed by atoms with van der Waals surface area (Å²) in [5.74, 6) is -0.846. The van der Waals surface area contributed by atoms with Crippen LogP contribution in [-0.2, 0) is 14.4 Å². The van der Waals surface area contributed by atoms with E-state index in [0.29, 0.717) is 16.4 Å². The number of carboxylic acids is 1. The van der Waals surface area contributed by atoms with Gasteiger partial charge in [0, 0.05) is 24.4 Å². The van der Waals surface area contributed by atoms with Gasteiger partial charge >= 0.3 is 0 Å². The molecule has 1 unspecified atom stereocenters. The largest absolute Gasteiger partial charge is 0.481 e. The van der Waals surface area contributed by atoms with E-state index in [1.54, 1.807) is 18.2 Å². The highest BCUT2D eigenvalue weighted by atomic mass is 35.5. The molecular formula is C20H28ClN3O4. The Bertz CT molecular complexity index is 741. The number of nitrogens with one attached hydrogen (secondary N) is 3. The van der Waals surface area contributed by atoms with Crippen LogP contribution in [0.25, 0.3) is 0 Å². The van der Waals surface area contributed by atoms with Crippen molar-refractivity contribution in [3.05, 3.63) is 23.2 Å². The van der Waals surface area contributed by atoms with Crippen molar-refractivity contribution in [3.8, 4) is 0 Å². The van der Waals surface area contributed by atoms with E-state index in [2.05, 4.69) is 16.0 Å². The molecule has 0 radical (unpaired) electrons. The molecule has 3 rings (SSSR count). The maximum absolute atomic E-state index is 12.5. The van der Waals surface area contributed by atoms with Crippen molar-refractivity contribution in [3.63, 3.8) is 0 Å². The molecule has 154 valence electrons. The van der Waals surface area contributed by atoms with Gasteiger partial charge in [0.1, 0.15) is 0 Å². The van der Waals surface area contributed by atoms with E-state index in [0.717, 1.165) is 39.3 Å². The number of piperidine rings is 1. The summed E-state index contributed by atoms with van der Waals surface area (Å²) in [5.41, 5.74) is 1.45. The zero-order chi connectivity index (χ0) is 20.9. The number of rotatable bonds is 4. The summed E-state index contributed by atoms with van der Waals surface area (Å²) in [6.45, 7) is 6.73. The summed E-state index contributed by atoms with van der Waals surface area (Å²) < 4.78 is 0. The third-order valence-corrected chi connectivity index (χ3v) is 5.44. The van der Waals surface area contributed by atoms with Crippen molar-refractivity contribution in [2.45, 2.75) is 40.0 Å². The Hall–Kier alpha value is -2.12. The molecule has 2 aliphatic rings. The normalized spacial score (nSPS) is 19.4. The van der Waals surface area contributed by atoms with Crippen LogP contribution in [0, 0.1) is 17.3 Å². The van der Waals surface area contributed by atoms with E-state index in [4.69, 9.17) is 21.5 Å². The van der Waals surface area contributed by atoms with E-state index in [1.807, 2.05) is 13.8 Å². The van der Waals surface area contributed by atoms with E-state index < -0.39 is 5.97 Å². The second-order valence-electron chi connectivity index (χ2n) is 7.72. The lowest BCUT2D eigenvalue weighted by Crippen LogP contribution is -2.31. The monoisotopic (exact) mass is 409 g/mol. The molecule has 1 atom stereocenters. The first-order valence-corrected chi connectivity index (χ1v) is 9.84. The summed E-state index contributed by atoms with van der Waals surface area (Å²) in [4.78, 5) is 33.2. The number of benzene rings is 1. The Morgan fingerprint density at radius 3 is 2.36 bits per heavy atom. The van der Waals surface area contributed by atoms with Crippen LogP contribution in [0.15, 0.2) is 18.2 Å². The van der Waals surface area contributed by atoms with Gasteiger partial charge in [0.2, 0.25) is 11.8 Å². The maximum Gasteiger partial charge on any atom is 0.300 e. The predicted molar refractivity (Wildman–Crippen MR) is 110 cm³/mol. The van der Waals surface area contributed by atoms with Crippen molar-refractivity contribution in [1.82, 2.24) is 5.32 Å². The Morgan fingerprint density at radius 1 is 1.21 bits per heavy atom. The average molecular weight is 410 g/mol. The van der Waals surface area contributed by atoms with Gasteiger partial charge in [0.15, 0.2) is 0 Å². The van der Waals surface area contributed by atoms with Crippen LogP contribution in [0.2, 0.25) is 5.02 Å². The van der Waals surface area contributed by atoms with Gasteiger partial charge < -0.3 is 21.1 Å². The molecule has 1 aliphatic heterocycles. The van der Waals surface area contributed by atoms with Crippen molar-refractivity contribution in [1.29, 1.82) is 0 Å². The lowest BCUT2D eigenvalue weighted by Gasteiger charge is -2.23. The van der Waals surface area contributed by atoms with Crippen LogP contribution in [0.3, 0.4) is 0 Å². The van der Waals surface area contributed by atoms with Crippen LogP contribution < -0.4 is 16.0 Å². The SMILES string of the molecule is CC(=O)O.CC(C)C(=O)Nc1ccc(NC(=O)C2CC23CCNCC3)cc1Cl. The van der Waals surface area contributed by atoms with Gasteiger partial charge in [-0.05, 0) is 56.0 Å². The molecule has 1 saturated carbocycles. The van der Waals surface area contributed by atoms with E-state index >= 15 is 0 Å². The van der Waals surface area contributed by atoms with Gasteiger partial charge in [-0.15, -0.1) is 0 Å². The summed E-state index contributed by atoms with van der Waals surface area (Å²) in [5, 5.41) is 16.9. The molecule has 1 aromatic rings. The fraction of sp³-hybridized carbons (Fsp3) is 0.550. The third kappa shape index (κ3) is 5.94. The van der Waals surface area contributed by atoms with Crippen molar-refractivity contribution < 1.29 is 19.5 Å². The zero-order valence-corrected chi connectivity index (χ0v) is 17.2. The number of amides is 2. The summed E-state index contributed by atoms with van der Waals surface area (Å²) in [6, 6.07) is 5.19. The lowest BCUT2D eigenvalue weighted by molar-refractivity contribution is -0.134. The summed E-state index contributed by atoms with van der Waals surface area (Å²) >= 11 is 6.22. The van der Waals surface area contributed by atoms with Gasteiger partial charge in [0.25, 0.3) is 5.97 Å². The molecule has 7 nitrogen and oxygen atoms in total. The molecule has 1 spiro atoms. The topological polar surface area (TPSA) is 108 Å². The first kappa shape index (κ1) is 22.2. The molecule has 2 amide bonds. The molecule has 28 heavy (non-hydrogen) atoms. The zero-order valence-electron chi connectivity index (χ0n) is 16.5. The van der Waals surface area contributed by atoms with Crippen LogP contribution in [-0.4, -0.2) is 36.0 Å². The average Bonchev–Trinajstić information content (AvgIpc) is 3.30. The fourth-order valence-electron chi connectivity index (χ4n) is 3.40. The van der Waals surface area contributed by atoms with Gasteiger partial charge in [-0.25, -0.2) is 0 Å². The number of aliphatic carboxylic acids is 1. The number of carbonyl (C=O) groups is 3. The van der Waals surface area contributed by atoms with Crippen LogP contribution in [0.1, 0.15) is 40.0 Å². The highest BCUT2D eigenvalue weighted by molar-refractivity contribution is 6.34. The second-order valence-corrected chi connectivity index (χ2v) is 8.12. The standard InChI is InChI=1S/C18H24ClN3O2.C2H4O2/c1-11(2)16(23)22-15-4-3-12(9-14(15)19)21-17(24)13-10-18(13)5-7-20-8-6-18;1-2(3)4/h3-4,9,11,13,20H,5-8,10H2,1-2H3,(H,21,24)(H,22,23);1H3,(H,3,4). The molecule has 1 heterocycles. The number of anilines is 2. The summed E-state index contributed by atoms with van der Waals surface area (Å²) in [7, 11) is 0. The molecule has 8 heteroatoms. The minimum atomic E-state index is -0.833. The second kappa shape index (κ2) is 9.39. The van der Waals surface area contributed by atoms with Crippen molar-refractivity contribution in [2.24, 2.45) is 17.3 Å². The Morgan fingerprint density at radius 2 is 1.82 bits per heavy atom.